The molecule has 3 aromatic rings. The summed E-state index contributed by atoms with van der Waals surface area (Å²) >= 11 is 0. The topological polar surface area (TPSA) is 60.3 Å². The molecule has 0 radical (unpaired) electrons. The van der Waals surface area contributed by atoms with Crippen LogP contribution in [0.1, 0.15) is 45.2 Å². The lowest BCUT2D eigenvalue weighted by molar-refractivity contribution is -0.274. The van der Waals surface area contributed by atoms with Crippen molar-refractivity contribution in [2.75, 3.05) is 0 Å². The van der Waals surface area contributed by atoms with Crippen molar-refractivity contribution in [2.24, 2.45) is 5.41 Å². The highest BCUT2D eigenvalue weighted by molar-refractivity contribution is 7.90. The summed E-state index contributed by atoms with van der Waals surface area (Å²) in [7, 11) is -4.29. The Balaban J connectivity index is 1.93. The van der Waals surface area contributed by atoms with E-state index >= 15 is 4.39 Å². The van der Waals surface area contributed by atoms with Gasteiger partial charge in [-0.05, 0) is 36.5 Å². The zero-order valence-electron chi connectivity index (χ0n) is 20.5. The lowest BCUT2D eigenvalue weighted by atomic mass is 9.96. The summed E-state index contributed by atoms with van der Waals surface area (Å²) in [5.41, 5.74) is -1.47. The molecule has 0 bridgehead atoms. The lowest BCUT2D eigenvalue weighted by Gasteiger charge is -2.22. The third-order valence-corrected chi connectivity index (χ3v) is 7.85. The van der Waals surface area contributed by atoms with E-state index in [2.05, 4.69) is 4.74 Å². The van der Waals surface area contributed by atoms with E-state index in [1.807, 2.05) is 20.8 Å². The van der Waals surface area contributed by atoms with Gasteiger partial charge < -0.3 is 9.30 Å². The molecular weight excluding hydrogens is 541 g/mol. The van der Waals surface area contributed by atoms with Crippen LogP contribution in [-0.4, -0.2) is 30.8 Å². The third-order valence-electron chi connectivity index (χ3n) is 5.93. The summed E-state index contributed by atoms with van der Waals surface area (Å²) < 4.78 is 129. The highest BCUT2D eigenvalue weighted by Gasteiger charge is 2.48. The van der Waals surface area contributed by atoms with Crippen LogP contribution in [0.15, 0.2) is 42.6 Å². The van der Waals surface area contributed by atoms with Gasteiger partial charge in [0.25, 0.3) is 0 Å². The van der Waals surface area contributed by atoms with Gasteiger partial charge in [-0.15, -0.1) is 13.2 Å². The molecule has 0 saturated heterocycles. The van der Waals surface area contributed by atoms with Gasteiger partial charge in [-0.2, -0.15) is 17.9 Å². The number of hydrogen-bond acceptors (Lipinski definition) is 3. The smallest absolute Gasteiger partial charge is 0.405 e. The lowest BCUT2D eigenvalue weighted by Crippen LogP contribution is -2.39. The number of sulfonamides is 1. The second kappa shape index (κ2) is 9.44. The SMILES string of the molecule is CC(C)(C)Cn1cc(C(NS(=O)(=O)C2CC2)C(F)(F)F)c2cc(F)c(-c3ccccc3OC(F)(F)F)cc21. The first-order valence-electron chi connectivity index (χ1n) is 11.6. The molecule has 0 aliphatic heterocycles. The molecule has 4 rings (SSSR count). The Bertz CT molecular complexity index is 1450. The number of halogens is 7. The van der Waals surface area contributed by atoms with Crippen molar-refractivity contribution in [1.29, 1.82) is 0 Å². The van der Waals surface area contributed by atoms with Gasteiger partial charge in [0.15, 0.2) is 0 Å². The van der Waals surface area contributed by atoms with E-state index < -0.39 is 56.4 Å². The van der Waals surface area contributed by atoms with Crippen LogP contribution in [0.25, 0.3) is 22.0 Å². The van der Waals surface area contributed by atoms with Crippen molar-refractivity contribution < 1.29 is 43.9 Å². The minimum absolute atomic E-state index is 0.0907. The van der Waals surface area contributed by atoms with Crippen LogP contribution in [0.5, 0.6) is 5.75 Å². The molecule has 0 amide bonds. The predicted octanol–water partition coefficient (Wildman–Crippen LogP) is 7.08. The molecule has 1 saturated carbocycles. The minimum atomic E-state index is -5.06. The molecule has 1 atom stereocenters. The standard InChI is InChI=1S/C25H25F7N2O3S/c1-23(2,3)13-34-12-18(22(24(27,28)29)33-38(35,36)14-8-9-14)17-10-19(26)16(11-20(17)34)15-6-4-5-7-21(15)37-25(30,31)32/h4-7,10-12,14,22,33H,8-9,13H2,1-3H3. The Kier molecular flexibility index (Phi) is 7.01. The molecular formula is C25H25F7N2O3S. The maximum Gasteiger partial charge on any atom is 0.573 e. The molecule has 1 heterocycles. The van der Waals surface area contributed by atoms with Crippen LogP contribution >= 0.6 is 0 Å². The van der Waals surface area contributed by atoms with E-state index in [9.17, 15) is 34.8 Å². The number of fused-ring (bicyclic) bond motifs is 1. The van der Waals surface area contributed by atoms with Crippen LogP contribution in [0.4, 0.5) is 30.7 Å². The Morgan fingerprint density at radius 2 is 1.66 bits per heavy atom. The quantitative estimate of drug-likeness (QED) is 0.311. The molecule has 13 heteroatoms. The van der Waals surface area contributed by atoms with Gasteiger partial charge in [0, 0.05) is 40.3 Å². The summed E-state index contributed by atoms with van der Waals surface area (Å²) in [4.78, 5) is 0. The Morgan fingerprint density at radius 1 is 1.03 bits per heavy atom. The molecule has 1 aliphatic rings. The van der Waals surface area contributed by atoms with Gasteiger partial charge in [-0.3, -0.25) is 0 Å². The molecule has 2 aromatic carbocycles. The Morgan fingerprint density at radius 3 is 2.21 bits per heavy atom. The zero-order valence-corrected chi connectivity index (χ0v) is 21.4. The van der Waals surface area contributed by atoms with Crippen LogP contribution in [0.3, 0.4) is 0 Å². The van der Waals surface area contributed by atoms with E-state index in [4.69, 9.17) is 0 Å². The maximum absolute atomic E-state index is 15.4. The number of ether oxygens (including phenoxy) is 1. The second-order valence-corrected chi connectivity index (χ2v) is 12.5. The van der Waals surface area contributed by atoms with Gasteiger partial charge >= 0.3 is 12.5 Å². The number of nitrogens with zero attached hydrogens (tertiary/aromatic N) is 1. The van der Waals surface area contributed by atoms with Gasteiger partial charge in [0.1, 0.15) is 17.6 Å². The summed E-state index contributed by atoms with van der Waals surface area (Å²) in [6.45, 7) is 5.58. The predicted molar refractivity (Wildman–Crippen MR) is 127 cm³/mol. The highest BCUT2D eigenvalue weighted by atomic mass is 32.2. The zero-order chi connectivity index (χ0) is 28.3. The first-order valence-corrected chi connectivity index (χ1v) is 13.2. The van der Waals surface area contributed by atoms with Crippen molar-refractivity contribution in [1.82, 2.24) is 9.29 Å². The van der Waals surface area contributed by atoms with Crippen molar-refractivity contribution in [3.8, 4) is 16.9 Å². The Labute approximate surface area is 214 Å². The molecule has 5 nitrogen and oxygen atoms in total. The van der Waals surface area contributed by atoms with Crippen molar-refractivity contribution in [2.45, 2.75) is 64.0 Å². The summed E-state index contributed by atoms with van der Waals surface area (Å²) in [5.74, 6) is -1.78. The first kappa shape index (κ1) is 28.2. The van der Waals surface area contributed by atoms with Gasteiger partial charge in [-0.1, -0.05) is 39.0 Å². The van der Waals surface area contributed by atoms with Gasteiger partial charge in [0.05, 0.1) is 5.25 Å². The van der Waals surface area contributed by atoms with Gasteiger partial charge in [-0.25, -0.2) is 12.8 Å². The summed E-state index contributed by atoms with van der Waals surface area (Å²) in [5, 5.41) is -1.14. The minimum Gasteiger partial charge on any atom is -0.405 e. The summed E-state index contributed by atoms with van der Waals surface area (Å²) in [6, 6.07) is 4.12. The Hall–Kier alpha value is -2.80. The van der Waals surface area contributed by atoms with Crippen LogP contribution in [0, 0.1) is 11.2 Å². The number of benzene rings is 2. The molecule has 208 valence electrons. The van der Waals surface area contributed by atoms with Crippen molar-refractivity contribution in [3.05, 3.63) is 54.0 Å². The number of rotatable bonds is 7. The van der Waals surface area contributed by atoms with Crippen molar-refractivity contribution >= 4 is 20.9 Å². The fourth-order valence-electron chi connectivity index (χ4n) is 4.26. The highest BCUT2D eigenvalue weighted by Crippen LogP contribution is 2.43. The van der Waals surface area contributed by atoms with E-state index in [0.717, 1.165) is 24.4 Å². The van der Waals surface area contributed by atoms with E-state index in [1.165, 1.54) is 22.8 Å². The number of nitrogens with one attached hydrogen (secondary N) is 1. The average molecular weight is 567 g/mol. The molecule has 1 unspecified atom stereocenters. The molecule has 1 fully saturated rings. The molecule has 1 aromatic heterocycles. The second-order valence-electron chi connectivity index (χ2n) is 10.5. The summed E-state index contributed by atoms with van der Waals surface area (Å²) in [6.07, 6.45) is -8.52. The van der Waals surface area contributed by atoms with Crippen LogP contribution in [0.2, 0.25) is 0 Å². The van der Waals surface area contributed by atoms with Crippen molar-refractivity contribution in [3.63, 3.8) is 0 Å². The first-order chi connectivity index (χ1) is 17.4. The van der Waals surface area contributed by atoms with Crippen LogP contribution in [-0.2, 0) is 16.6 Å². The third kappa shape index (κ3) is 6.25. The number of hydrogen-bond donors (Lipinski definition) is 1. The van der Waals surface area contributed by atoms with Gasteiger partial charge in [0.2, 0.25) is 10.0 Å². The molecule has 1 aliphatic carbocycles. The normalized spacial score (nSPS) is 16.2. The average Bonchev–Trinajstić information content (AvgIpc) is 3.55. The van der Waals surface area contributed by atoms with E-state index in [-0.39, 0.29) is 41.4 Å². The maximum atomic E-state index is 15.4. The number of alkyl halides is 6. The number of para-hydroxylation sites is 1. The van der Waals surface area contributed by atoms with E-state index in [0.29, 0.717) is 0 Å². The fourth-order valence-corrected chi connectivity index (χ4v) is 5.80. The molecule has 0 spiro atoms. The van der Waals surface area contributed by atoms with Crippen LogP contribution < -0.4 is 9.46 Å². The van der Waals surface area contributed by atoms with E-state index in [1.54, 1.807) is 4.72 Å². The monoisotopic (exact) mass is 566 g/mol. The molecule has 1 N–H and O–H groups in total. The fraction of sp³-hybridized carbons (Fsp3) is 0.440. The largest absolute Gasteiger partial charge is 0.573 e. The molecule has 38 heavy (non-hydrogen) atoms. The number of aromatic nitrogens is 1.